The number of nitrogens with one attached hydrogen (secondary N) is 1. The number of nitrogens with zero attached hydrogens (tertiary/aromatic N) is 2. The lowest BCUT2D eigenvalue weighted by Gasteiger charge is -2.22. The fourth-order valence-electron chi connectivity index (χ4n) is 4.01. The van der Waals surface area contributed by atoms with Crippen LogP contribution in [0, 0.1) is 17.8 Å². The van der Waals surface area contributed by atoms with Crippen LogP contribution in [-0.2, 0) is 4.79 Å². The normalized spacial score (nSPS) is 23.9. The zero-order chi connectivity index (χ0) is 17.9. The Bertz CT molecular complexity index is 779. The molecule has 1 amide bonds. The number of piperidine rings is 1. The first-order valence-electron chi connectivity index (χ1n) is 9.07. The molecule has 4 rings (SSSR count). The van der Waals surface area contributed by atoms with E-state index in [4.69, 9.17) is 11.6 Å². The molecule has 0 unspecified atom stereocenters. The molecule has 134 valence electrons. The van der Waals surface area contributed by atoms with Crippen LogP contribution in [0.2, 0.25) is 5.02 Å². The van der Waals surface area contributed by atoms with Gasteiger partial charge in [0.1, 0.15) is 0 Å². The lowest BCUT2D eigenvalue weighted by atomic mass is 10.2. The molecule has 1 saturated heterocycles. The van der Waals surface area contributed by atoms with Crippen LogP contribution >= 0.6 is 11.6 Å². The summed E-state index contributed by atoms with van der Waals surface area (Å²) >= 11 is 5.96. The molecule has 2 fully saturated rings. The summed E-state index contributed by atoms with van der Waals surface area (Å²) in [6, 6.07) is 11.9. The van der Waals surface area contributed by atoms with Crippen molar-refractivity contribution in [2.45, 2.75) is 6.42 Å². The Labute approximate surface area is 158 Å². The Kier molecular flexibility index (Phi) is 4.93. The van der Waals surface area contributed by atoms with Gasteiger partial charge in [-0.25, -0.2) is 0 Å². The van der Waals surface area contributed by atoms with Gasteiger partial charge in [-0.05, 0) is 66.1 Å². The van der Waals surface area contributed by atoms with Crippen LogP contribution in [0.15, 0.2) is 54.9 Å². The van der Waals surface area contributed by atoms with Crippen LogP contribution in [0.5, 0.6) is 0 Å². The van der Waals surface area contributed by atoms with Crippen molar-refractivity contribution in [2.75, 3.05) is 24.5 Å². The molecule has 1 saturated carbocycles. The summed E-state index contributed by atoms with van der Waals surface area (Å²) in [4.78, 5) is 18.4. The third-order valence-electron chi connectivity index (χ3n) is 5.45. The minimum atomic E-state index is -0.0394. The third-order valence-corrected chi connectivity index (χ3v) is 5.70. The number of halogens is 1. The number of rotatable bonds is 6. The monoisotopic (exact) mass is 367 g/mol. The summed E-state index contributed by atoms with van der Waals surface area (Å²) in [5.74, 6) is 2.26. The third kappa shape index (κ3) is 3.91. The van der Waals surface area contributed by atoms with Gasteiger partial charge in [-0.15, -0.1) is 0 Å². The number of fused-ring (bicyclic) bond motifs is 1. The molecule has 0 radical (unpaired) electrons. The molecule has 1 N–H and O–H groups in total. The predicted octanol–water partition coefficient (Wildman–Crippen LogP) is 3.64. The molecule has 1 aliphatic carbocycles. The molecule has 1 aromatic heterocycles. The van der Waals surface area contributed by atoms with Gasteiger partial charge in [0.05, 0.1) is 0 Å². The van der Waals surface area contributed by atoms with Crippen LogP contribution in [-0.4, -0.2) is 30.5 Å². The van der Waals surface area contributed by atoms with E-state index in [2.05, 4.69) is 27.3 Å². The summed E-state index contributed by atoms with van der Waals surface area (Å²) < 4.78 is 0. The van der Waals surface area contributed by atoms with E-state index in [1.807, 2.05) is 24.3 Å². The maximum atomic E-state index is 11.9. The fourth-order valence-corrected chi connectivity index (χ4v) is 4.13. The molecule has 5 heteroatoms. The van der Waals surface area contributed by atoms with Crippen molar-refractivity contribution in [3.8, 4) is 0 Å². The number of carbonyl (C=O) groups excluding carboxylic acids is 1. The first-order chi connectivity index (χ1) is 12.7. The molecule has 2 aromatic rings. The highest BCUT2D eigenvalue weighted by Gasteiger charge is 2.54. The van der Waals surface area contributed by atoms with Crippen molar-refractivity contribution in [2.24, 2.45) is 17.8 Å². The zero-order valence-corrected chi connectivity index (χ0v) is 15.3. The van der Waals surface area contributed by atoms with E-state index < -0.39 is 0 Å². The molecule has 4 nitrogen and oxygen atoms in total. The molecular weight excluding hydrogens is 346 g/mol. The second kappa shape index (κ2) is 7.50. The minimum Gasteiger partial charge on any atom is -0.371 e. The highest BCUT2D eigenvalue weighted by atomic mass is 35.5. The summed E-state index contributed by atoms with van der Waals surface area (Å²) in [6.07, 6.45) is 7.89. The highest BCUT2D eigenvalue weighted by Crippen LogP contribution is 2.54. The van der Waals surface area contributed by atoms with Crippen molar-refractivity contribution in [1.29, 1.82) is 0 Å². The van der Waals surface area contributed by atoms with E-state index in [1.54, 1.807) is 24.5 Å². The van der Waals surface area contributed by atoms with Gasteiger partial charge in [0.15, 0.2) is 0 Å². The number of carbonyl (C=O) groups is 1. The topological polar surface area (TPSA) is 45.2 Å². The predicted molar refractivity (Wildman–Crippen MR) is 105 cm³/mol. The van der Waals surface area contributed by atoms with E-state index >= 15 is 0 Å². The van der Waals surface area contributed by atoms with E-state index in [1.165, 1.54) is 5.69 Å². The number of benzene rings is 1. The molecule has 2 heterocycles. The molecule has 0 spiro atoms. The van der Waals surface area contributed by atoms with Crippen LogP contribution in [0.1, 0.15) is 12.0 Å². The Morgan fingerprint density at radius 1 is 1.23 bits per heavy atom. The van der Waals surface area contributed by atoms with Gasteiger partial charge in [-0.2, -0.15) is 0 Å². The van der Waals surface area contributed by atoms with Crippen molar-refractivity contribution in [3.05, 3.63) is 65.5 Å². The number of hydrogen-bond acceptors (Lipinski definition) is 3. The maximum absolute atomic E-state index is 11.9. The second-order valence-electron chi connectivity index (χ2n) is 7.07. The number of anilines is 1. The second-order valence-corrected chi connectivity index (χ2v) is 7.51. The molecule has 2 aliphatic rings. The van der Waals surface area contributed by atoms with Crippen molar-refractivity contribution < 1.29 is 4.79 Å². The van der Waals surface area contributed by atoms with Gasteiger partial charge in [-0.1, -0.05) is 17.7 Å². The quantitative estimate of drug-likeness (QED) is 0.793. The molecule has 0 bridgehead atoms. The summed E-state index contributed by atoms with van der Waals surface area (Å²) in [5, 5.41) is 3.77. The summed E-state index contributed by atoms with van der Waals surface area (Å²) in [6.45, 7) is 2.98. The van der Waals surface area contributed by atoms with E-state index in [-0.39, 0.29) is 5.91 Å². The lowest BCUT2D eigenvalue weighted by molar-refractivity contribution is -0.116. The average molecular weight is 368 g/mol. The Morgan fingerprint density at radius 3 is 2.69 bits per heavy atom. The van der Waals surface area contributed by atoms with Gasteiger partial charge < -0.3 is 10.2 Å². The molecule has 1 aliphatic heterocycles. The van der Waals surface area contributed by atoms with E-state index in [0.717, 1.165) is 54.4 Å². The van der Waals surface area contributed by atoms with Gasteiger partial charge in [0.25, 0.3) is 0 Å². The Balaban J connectivity index is 1.17. The number of hydrogen-bond donors (Lipinski definition) is 1. The van der Waals surface area contributed by atoms with Crippen LogP contribution in [0.4, 0.5) is 5.69 Å². The molecular formula is C21H22ClN3O. The molecule has 26 heavy (non-hydrogen) atoms. The largest absolute Gasteiger partial charge is 0.371 e. The summed E-state index contributed by atoms with van der Waals surface area (Å²) in [7, 11) is 0. The number of amides is 1. The molecule has 3 atom stereocenters. The minimum absolute atomic E-state index is 0.0394. The van der Waals surface area contributed by atoms with Crippen LogP contribution in [0.25, 0.3) is 6.08 Å². The maximum Gasteiger partial charge on any atom is 0.244 e. The summed E-state index contributed by atoms with van der Waals surface area (Å²) in [5.41, 5.74) is 2.19. The van der Waals surface area contributed by atoms with Gasteiger partial charge in [0.2, 0.25) is 5.91 Å². The molecule has 1 aromatic carbocycles. The lowest BCUT2D eigenvalue weighted by Crippen LogP contribution is -2.26. The van der Waals surface area contributed by atoms with Crippen molar-refractivity contribution in [3.63, 3.8) is 0 Å². The average Bonchev–Trinajstić information content (AvgIpc) is 3.11. The van der Waals surface area contributed by atoms with Gasteiger partial charge in [0, 0.05) is 48.8 Å². The van der Waals surface area contributed by atoms with Crippen LogP contribution < -0.4 is 10.2 Å². The smallest absolute Gasteiger partial charge is 0.244 e. The first kappa shape index (κ1) is 17.1. The standard InChI is InChI=1S/C21H22ClN3O/c22-16-4-6-17(7-5-16)25-13-19-18(20(19)14-25)9-11-24-21(26)8-3-15-2-1-10-23-12-15/h1-8,10,12,18-20H,9,11,13-14H2,(H,24,26)/b8-3+/t18-,19-,20+. The van der Waals surface area contributed by atoms with Crippen molar-refractivity contribution in [1.82, 2.24) is 10.3 Å². The van der Waals surface area contributed by atoms with Gasteiger partial charge >= 0.3 is 0 Å². The zero-order valence-electron chi connectivity index (χ0n) is 14.5. The fraction of sp³-hybridized carbons (Fsp3) is 0.333. The van der Waals surface area contributed by atoms with E-state index in [9.17, 15) is 4.79 Å². The van der Waals surface area contributed by atoms with Crippen molar-refractivity contribution >= 4 is 29.3 Å². The number of pyridine rings is 1. The SMILES string of the molecule is O=C(/C=C/c1cccnc1)NCC[C@@H]1[C@H]2CN(c3ccc(Cl)cc3)C[C@@H]12. The van der Waals surface area contributed by atoms with Gasteiger partial charge in [-0.3, -0.25) is 9.78 Å². The number of aromatic nitrogens is 1. The Morgan fingerprint density at radius 2 is 2.00 bits per heavy atom. The first-order valence-corrected chi connectivity index (χ1v) is 9.45. The highest BCUT2D eigenvalue weighted by molar-refractivity contribution is 6.30. The van der Waals surface area contributed by atoms with Crippen LogP contribution in [0.3, 0.4) is 0 Å². The Hall–Kier alpha value is -2.33. The van der Waals surface area contributed by atoms with E-state index in [0.29, 0.717) is 0 Å².